The fraction of sp³-hybridized carbons (Fsp3) is 0.923. The molecule has 0 radical (unpaired) electrons. The van der Waals surface area contributed by atoms with E-state index in [1.165, 1.54) is 0 Å². The van der Waals surface area contributed by atoms with E-state index in [4.69, 9.17) is 15.0 Å². The van der Waals surface area contributed by atoms with Crippen LogP contribution in [0, 0.1) is 0 Å². The standard InChI is InChI=1S/C39H75N9O2/c1-15-16-21-46(28-26-36(6,7)45(14)37(8,9)27-28)33-43-31(40-29-17-19-34(2,3)47(22-24-49)38(29,10)11)42-32(44-33)41-30-18-20-35(4,5)48(23-25-50)39(30,12)13/h28-30,49-50H,15-27H2,1-14H3,(H2,40,41,42,43,44). The molecular weight excluding hydrogens is 626 g/mol. The highest BCUT2D eigenvalue weighted by Gasteiger charge is 2.49. The van der Waals surface area contributed by atoms with Crippen molar-refractivity contribution in [1.82, 2.24) is 29.7 Å². The molecule has 2 atom stereocenters. The van der Waals surface area contributed by atoms with Crippen LogP contribution in [0.4, 0.5) is 17.8 Å². The van der Waals surface area contributed by atoms with Crippen molar-refractivity contribution >= 4 is 17.8 Å². The number of anilines is 3. The van der Waals surface area contributed by atoms with Crippen LogP contribution >= 0.6 is 0 Å². The van der Waals surface area contributed by atoms with Crippen molar-refractivity contribution < 1.29 is 10.2 Å². The number of unbranched alkanes of at least 4 members (excludes halogenated alkanes) is 1. The van der Waals surface area contributed by atoms with Gasteiger partial charge in [-0.05, 0) is 135 Å². The lowest BCUT2D eigenvalue weighted by Gasteiger charge is -2.57. The molecule has 1 aromatic heterocycles. The molecule has 50 heavy (non-hydrogen) atoms. The van der Waals surface area contributed by atoms with Crippen molar-refractivity contribution in [2.24, 2.45) is 0 Å². The Balaban J connectivity index is 1.79. The summed E-state index contributed by atoms with van der Waals surface area (Å²) in [6.45, 7) is 32.3. The third-order valence-corrected chi connectivity index (χ3v) is 13.3. The number of rotatable bonds is 13. The van der Waals surface area contributed by atoms with E-state index >= 15 is 0 Å². The number of aliphatic hydroxyl groups excluding tert-OH is 2. The lowest BCUT2D eigenvalue weighted by Crippen LogP contribution is -2.67. The van der Waals surface area contributed by atoms with E-state index in [0.717, 1.165) is 63.9 Å². The molecule has 11 heteroatoms. The minimum Gasteiger partial charge on any atom is -0.395 e. The molecule has 3 aliphatic rings. The summed E-state index contributed by atoms with van der Waals surface area (Å²) in [6.07, 6.45) is 8.17. The molecule has 11 nitrogen and oxygen atoms in total. The summed E-state index contributed by atoms with van der Waals surface area (Å²) in [5, 5.41) is 27.7. The van der Waals surface area contributed by atoms with E-state index in [9.17, 15) is 10.2 Å². The average Bonchev–Trinajstić information content (AvgIpc) is 2.99. The van der Waals surface area contributed by atoms with Crippen molar-refractivity contribution in [3.63, 3.8) is 0 Å². The SMILES string of the molecule is CCCCN(c1nc(NC2CCC(C)(C)N(CCO)C2(C)C)nc(NC2CCC(C)(C)N(CCO)C2(C)C)n1)C1CC(C)(C)N(C)C(C)(C)C1. The molecule has 0 amide bonds. The van der Waals surface area contributed by atoms with Gasteiger partial charge in [-0.2, -0.15) is 15.0 Å². The Morgan fingerprint density at radius 2 is 1.10 bits per heavy atom. The van der Waals surface area contributed by atoms with Crippen LogP contribution < -0.4 is 15.5 Å². The monoisotopic (exact) mass is 702 g/mol. The zero-order valence-electron chi connectivity index (χ0n) is 34.4. The molecule has 4 heterocycles. The Bertz CT molecular complexity index is 1200. The zero-order valence-corrected chi connectivity index (χ0v) is 34.4. The predicted octanol–water partition coefficient (Wildman–Crippen LogP) is 5.98. The molecule has 0 bridgehead atoms. The predicted molar refractivity (Wildman–Crippen MR) is 208 cm³/mol. The number of hydrogen-bond donors (Lipinski definition) is 4. The highest BCUT2D eigenvalue weighted by molar-refractivity contribution is 5.47. The van der Waals surface area contributed by atoms with Crippen molar-refractivity contribution in [3.05, 3.63) is 0 Å². The van der Waals surface area contributed by atoms with Gasteiger partial charge in [-0.15, -0.1) is 0 Å². The summed E-state index contributed by atoms with van der Waals surface area (Å²) >= 11 is 0. The first-order valence-electron chi connectivity index (χ1n) is 19.6. The molecule has 0 aliphatic carbocycles. The minimum absolute atomic E-state index is 0.0210. The fourth-order valence-corrected chi connectivity index (χ4v) is 10.0. The van der Waals surface area contributed by atoms with Gasteiger partial charge in [0.1, 0.15) is 0 Å². The zero-order chi connectivity index (χ0) is 37.5. The van der Waals surface area contributed by atoms with Crippen LogP contribution in [-0.4, -0.2) is 131 Å². The molecule has 2 unspecified atom stereocenters. The second-order valence-electron chi connectivity index (χ2n) is 19.2. The van der Waals surface area contributed by atoms with Crippen molar-refractivity contribution in [2.45, 2.75) is 193 Å². The third kappa shape index (κ3) is 8.37. The Morgan fingerprint density at radius 3 is 1.48 bits per heavy atom. The van der Waals surface area contributed by atoms with Gasteiger partial charge < -0.3 is 25.7 Å². The molecular formula is C39H75N9O2. The number of β-amino-alcohol motifs (C(OH)–C–C–N with tert-alkyl or cyclic N) is 2. The lowest BCUT2D eigenvalue weighted by atomic mass is 9.76. The molecule has 0 aromatic carbocycles. The van der Waals surface area contributed by atoms with E-state index in [1.807, 2.05) is 0 Å². The number of hydrogen-bond acceptors (Lipinski definition) is 11. The second kappa shape index (κ2) is 14.9. The van der Waals surface area contributed by atoms with Crippen LogP contribution in [0.1, 0.15) is 141 Å². The molecule has 1 aromatic rings. The molecule has 3 fully saturated rings. The van der Waals surface area contributed by atoms with Gasteiger partial charge in [0.2, 0.25) is 17.8 Å². The summed E-state index contributed by atoms with van der Waals surface area (Å²) in [5.74, 6) is 1.95. The molecule has 3 aliphatic heterocycles. The van der Waals surface area contributed by atoms with Crippen LogP contribution in [0.15, 0.2) is 0 Å². The van der Waals surface area contributed by atoms with Crippen LogP contribution in [-0.2, 0) is 0 Å². The van der Waals surface area contributed by atoms with Gasteiger partial charge in [0, 0.05) is 71.0 Å². The molecule has 0 saturated carbocycles. The van der Waals surface area contributed by atoms with Crippen molar-refractivity contribution in [1.29, 1.82) is 0 Å². The normalized spacial score (nSPS) is 27.9. The Labute approximate surface area is 305 Å². The molecule has 4 N–H and O–H groups in total. The van der Waals surface area contributed by atoms with E-state index < -0.39 is 0 Å². The minimum atomic E-state index is -0.240. The maximum atomic E-state index is 10.0. The van der Waals surface area contributed by atoms with Gasteiger partial charge in [-0.3, -0.25) is 14.7 Å². The lowest BCUT2D eigenvalue weighted by molar-refractivity contribution is -0.0438. The van der Waals surface area contributed by atoms with Crippen molar-refractivity contribution in [3.8, 4) is 0 Å². The molecule has 4 rings (SSSR count). The van der Waals surface area contributed by atoms with Crippen LogP contribution in [0.25, 0.3) is 0 Å². The van der Waals surface area contributed by atoms with Gasteiger partial charge in [0.15, 0.2) is 0 Å². The smallest absolute Gasteiger partial charge is 0.232 e. The maximum absolute atomic E-state index is 10.0. The maximum Gasteiger partial charge on any atom is 0.232 e. The van der Waals surface area contributed by atoms with Gasteiger partial charge >= 0.3 is 0 Å². The first kappa shape index (κ1) is 41.0. The summed E-state index contributed by atoms with van der Waals surface area (Å²) in [5.41, 5.74) is -0.473. The summed E-state index contributed by atoms with van der Waals surface area (Å²) in [6, 6.07) is 0.453. The van der Waals surface area contributed by atoms with E-state index in [2.05, 4.69) is 127 Å². The summed E-state index contributed by atoms with van der Waals surface area (Å²) in [7, 11) is 2.26. The summed E-state index contributed by atoms with van der Waals surface area (Å²) in [4.78, 5) is 25.6. The number of nitrogens with zero attached hydrogens (tertiary/aromatic N) is 7. The molecule has 3 saturated heterocycles. The Kier molecular flexibility index (Phi) is 12.2. The quantitative estimate of drug-likeness (QED) is 0.195. The fourth-order valence-electron chi connectivity index (χ4n) is 10.0. The van der Waals surface area contributed by atoms with Crippen LogP contribution in [0.2, 0.25) is 0 Å². The topological polar surface area (TPSA) is 116 Å². The average molecular weight is 702 g/mol. The van der Waals surface area contributed by atoms with Gasteiger partial charge in [0.25, 0.3) is 0 Å². The van der Waals surface area contributed by atoms with Gasteiger partial charge in [-0.1, -0.05) is 13.3 Å². The second-order valence-corrected chi connectivity index (χ2v) is 19.2. The van der Waals surface area contributed by atoms with E-state index in [0.29, 0.717) is 25.0 Å². The Hall–Kier alpha value is -1.79. The number of likely N-dealkylation sites (tertiary alicyclic amines) is 3. The number of nitrogens with one attached hydrogen (secondary N) is 2. The first-order chi connectivity index (χ1) is 23.0. The number of aromatic nitrogens is 3. The number of aliphatic hydroxyl groups is 2. The van der Waals surface area contributed by atoms with E-state index in [-0.39, 0.29) is 64.6 Å². The number of piperidine rings is 3. The Morgan fingerprint density at radius 1 is 0.680 bits per heavy atom. The molecule has 0 spiro atoms. The van der Waals surface area contributed by atoms with Crippen LogP contribution in [0.3, 0.4) is 0 Å². The highest BCUT2D eigenvalue weighted by atomic mass is 16.3. The van der Waals surface area contributed by atoms with E-state index in [1.54, 1.807) is 0 Å². The largest absolute Gasteiger partial charge is 0.395 e. The van der Waals surface area contributed by atoms with Crippen molar-refractivity contribution in [2.75, 3.05) is 55.4 Å². The molecule has 288 valence electrons. The van der Waals surface area contributed by atoms with Gasteiger partial charge in [0.05, 0.1) is 13.2 Å². The van der Waals surface area contributed by atoms with Gasteiger partial charge in [-0.25, -0.2) is 0 Å². The van der Waals surface area contributed by atoms with Crippen LogP contribution in [0.5, 0.6) is 0 Å². The summed E-state index contributed by atoms with van der Waals surface area (Å²) < 4.78 is 0. The first-order valence-corrected chi connectivity index (χ1v) is 19.6. The highest BCUT2D eigenvalue weighted by Crippen LogP contribution is 2.43. The third-order valence-electron chi connectivity index (χ3n) is 13.3.